The van der Waals surface area contributed by atoms with Crippen molar-refractivity contribution in [1.29, 1.82) is 0 Å². The fourth-order valence-corrected chi connectivity index (χ4v) is 4.10. The Labute approximate surface area is 145 Å². The maximum Gasteiger partial charge on any atom is 0.257 e. The Kier molecular flexibility index (Phi) is 6.36. The highest BCUT2D eigenvalue weighted by Crippen LogP contribution is 2.18. The zero-order valence-corrected chi connectivity index (χ0v) is 15.2. The summed E-state index contributed by atoms with van der Waals surface area (Å²) in [7, 11) is -3.49. The third-order valence-corrected chi connectivity index (χ3v) is 6.05. The van der Waals surface area contributed by atoms with Crippen molar-refractivity contribution in [1.82, 2.24) is 10.0 Å². The van der Waals surface area contributed by atoms with Gasteiger partial charge in [-0.2, -0.15) is 0 Å². The molecule has 1 aromatic heterocycles. The molecule has 0 saturated heterocycles. The number of thiophene rings is 1. The molecule has 0 aliphatic heterocycles. The highest BCUT2D eigenvalue weighted by Gasteiger charge is 2.14. The normalized spacial score (nSPS) is 11.2. The number of benzene rings is 1. The molecular weight excluding hydrogens is 348 g/mol. The van der Waals surface area contributed by atoms with Gasteiger partial charge >= 0.3 is 0 Å². The fourth-order valence-electron chi connectivity index (χ4n) is 2.03. The van der Waals surface area contributed by atoms with Gasteiger partial charge in [-0.25, -0.2) is 13.1 Å². The van der Waals surface area contributed by atoms with Crippen LogP contribution in [0.1, 0.15) is 11.1 Å². The summed E-state index contributed by atoms with van der Waals surface area (Å²) in [5.41, 5.74) is 2.09. The standard InChI is InChI=1S/C16H20N2O4S2/c1-12-5-6-14(13(2)10-12)22-11-15(19)17-7-8-18-24(20,21)16-4-3-9-23-16/h3-6,9-10,18H,7-8,11H2,1-2H3,(H,17,19). The molecule has 0 fully saturated rings. The smallest absolute Gasteiger partial charge is 0.257 e. The molecule has 1 amide bonds. The number of ether oxygens (including phenoxy) is 1. The van der Waals surface area contributed by atoms with E-state index in [1.54, 1.807) is 11.4 Å². The second-order valence-corrected chi connectivity index (χ2v) is 8.18. The molecule has 24 heavy (non-hydrogen) atoms. The van der Waals surface area contributed by atoms with Gasteiger partial charge in [-0.1, -0.05) is 23.8 Å². The van der Waals surface area contributed by atoms with E-state index in [4.69, 9.17) is 4.74 Å². The first-order chi connectivity index (χ1) is 11.4. The third-order valence-electron chi connectivity index (χ3n) is 3.19. The molecule has 6 nitrogen and oxygen atoms in total. The van der Waals surface area contributed by atoms with Crippen LogP contribution in [0.4, 0.5) is 0 Å². The molecule has 0 unspecified atom stereocenters. The number of hydrogen-bond acceptors (Lipinski definition) is 5. The average Bonchev–Trinajstić information content (AvgIpc) is 3.06. The molecule has 2 aromatic rings. The van der Waals surface area contributed by atoms with Crippen molar-refractivity contribution in [3.8, 4) is 5.75 Å². The minimum Gasteiger partial charge on any atom is -0.484 e. The number of hydrogen-bond donors (Lipinski definition) is 2. The number of aryl methyl sites for hydroxylation is 2. The maximum absolute atomic E-state index is 11.9. The van der Waals surface area contributed by atoms with Crippen LogP contribution in [0.15, 0.2) is 39.9 Å². The quantitative estimate of drug-likeness (QED) is 0.697. The maximum atomic E-state index is 11.9. The molecule has 8 heteroatoms. The summed E-state index contributed by atoms with van der Waals surface area (Å²) in [6.07, 6.45) is 0. The van der Waals surface area contributed by atoms with Gasteiger partial charge in [0.1, 0.15) is 9.96 Å². The molecule has 0 saturated carbocycles. The van der Waals surface area contributed by atoms with Crippen molar-refractivity contribution in [3.05, 3.63) is 46.8 Å². The summed E-state index contributed by atoms with van der Waals surface area (Å²) < 4.78 is 31.9. The SMILES string of the molecule is Cc1ccc(OCC(=O)NCCNS(=O)(=O)c2cccs2)c(C)c1. The Morgan fingerprint density at radius 2 is 2.00 bits per heavy atom. The molecule has 0 spiro atoms. The summed E-state index contributed by atoms with van der Waals surface area (Å²) >= 11 is 1.14. The third kappa shape index (κ3) is 5.33. The highest BCUT2D eigenvalue weighted by atomic mass is 32.2. The average molecular weight is 368 g/mol. The van der Waals surface area contributed by atoms with Gasteiger partial charge in [-0.05, 0) is 36.9 Å². The predicted molar refractivity (Wildman–Crippen MR) is 93.9 cm³/mol. The minimum absolute atomic E-state index is 0.110. The Morgan fingerprint density at radius 1 is 1.21 bits per heavy atom. The summed E-state index contributed by atoms with van der Waals surface area (Å²) in [5, 5.41) is 4.31. The molecular formula is C16H20N2O4S2. The summed E-state index contributed by atoms with van der Waals surface area (Å²) in [5.74, 6) is 0.361. The van der Waals surface area contributed by atoms with Gasteiger partial charge in [0.05, 0.1) is 0 Å². The molecule has 0 radical (unpaired) electrons. The van der Waals surface area contributed by atoms with Crippen LogP contribution in [0, 0.1) is 13.8 Å². The molecule has 0 aliphatic rings. The van der Waals surface area contributed by atoms with Crippen molar-refractivity contribution >= 4 is 27.3 Å². The lowest BCUT2D eigenvalue weighted by atomic mass is 10.1. The Balaban J connectivity index is 1.70. The number of amides is 1. The van der Waals surface area contributed by atoms with Gasteiger partial charge in [0.2, 0.25) is 10.0 Å². The van der Waals surface area contributed by atoms with E-state index in [1.165, 1.54) is 6.07 Å². The number of carbonyl (C=O) groups is 1. The highest BCUT2D eigenvalue weighted by molar-refractivity contribution is 7.91. The lowest BCUT2D eigenvalue weighted by molar-refractivity contribution is -0.123. The van der Waals surface area contributed by atoms with Gasteiger partial charge in [-0.15, -0.1) is 11.3 Å². The lowest BCUT2D eigenvalue weighted by Gasteiger charge is -2.10. The molecule has 1 aromatic carbocycles. The van der Waals surface area contributed by atoms with E-state index in [9.17, 15) is 13.2 Å². The second-order valence-electron chi connectivity index (χ2n) is 5.24. The molecule has 130 valence electrons. The first kappa shape index (κ1) is 18.4. The zero-order chi connectivity index (χ0) is 17.6. The van der Waals surface area contributed by atoms with E-state index in [0.29, 0.717) is 5.75 Å². The van der Waals surface area contributed by atoms with Crippen LogP contribution in [0.5, 0.6) is 5.75 Å². The van der Waals surface area contributed by atoms with Crippen LogP contribution in [-0.2, 0) is 14.8 Å². The van der Waals surface area contributed by atoms with Gasteiger partial charge in [0.25, 0.3) is 5.91 Å². The van der Waals surface area contributed by atoms with Crippen LogP contribution < -0.4 is 14.8 Å². The van der Waals surface area contributed by atoms with Gasteiger partial charge in [-0.3, -0.25) is 4.79 Å². The van der Waals surface area contributed by atoms with Crippen LogP contribution in [0.2, 0.25) is 0 Å². The van der Waals surface area contributed by atoms with E-state index in [1.807, 2.05) is 32.0 Å². The van der Waals surface area contributed by atoms with E-state index >= 15 is 0 Å². The monoisotopic (exact) mass is 368 g/mol. The summed E-state index contributed by atoms with van der Waals surface area (Å²) in [6.45, 7) is 4.11. The van der Waals surface area contributed by atoms with Crippen LogP contribution >= 0.6 is 11.3 Å². The van der Waals surface area contributed by atoms with Gasteiger partial charge < -0.3 is 10.1 Å². The van der Waals surface area contributed by atoms with Crippen molar-refractivity contribution < 1.29 is 17.9 Å². The number of rotatable bonds is 8. The molecule has 0 aliphatic carbocycles. The van der Waals surface area contributed by atoms with Crippen LogP contribution in [-0.4, -0.2) is 34.0 Å². The van der Waals surface area contributed by atoms with E-state index in [0.717, 1.165) is 22.5 Å². The topological polar surface area (TPSA) is 84.5 Å². The number of nitrogens with one attached hydrogen (secondary N) is 2. The first-order valence-electron chi connectivity index (χ1n) is 7.38. The van der Waals surface area contributed by atoms with Gasteiger partial charge in [0, 0.05) is 13.1 Å². The summed E-state index contributed by atoms with van der Waals surface area (Å²) in [6, 6.07) is 8.92. The van der Waals surface area contributed by atoms with Crippen molar-refractivity contribution in [2.45, 2.75) is 18.1 Å². The molecule has 1 heterocycles. The van der Waals surface area contributed by atoms with E-state index in [-0.39, 0.29) is 29.8 Å². The second kappa shape index (κ2) is 8.27. The summed E-state index contributed by atoms with van der Waals surface area (Å²) in [4.78, 5) is 11.7. The Morgan fingerprint density at radius 3 is 2.67 bits per heavy atom. The van der Waals surface area contributed by atoms with Crippen molar-refractivity contribution in [3.63, 3.8) is 0 Å². The fraction of sp³-hybridized carbons (Fsp3) is 0.312. The lowest BCUT2D eigenvalue weighted by Crippen LogP contribution is -2.36. The van der Waals surface area contributed by atoms with Crippen molar-refractivity contribution in [2.24, 2.45) is 0 Å². The molecule has 2 rings (SSSR count). The first-order valence-corrected chi connectivity index (χ1v) is 9.75. The van der Waals surface area contributed by atoms with Crippen molar-refractivity contribution in [2.75, 3.05) is 19.7 Å². The Bertz CT molecular complexity index is 786. The van der Waals surface area contributed by atoms with Crippen LogP contribution in [0.25, 0.3) is 0 Å². The zero-order valence-electron chi connectivity index (χ0n) is 13.5. The Hall–Kier alpha value is -1.90. The van der Waals surface area contributed by atoms with E-state index in [2.05, 4.69) is 10.0 Å². The largest absolute Gasteiger partial charge is 0.484 e. The van der Waals surface area contributed by atoms with Gasteiger partial charge in [0.15, 0.2) is 6.61 Å². The minimum atomic E-state index is -3.49. The molecule has 2 N–H and O–H groups in total. The predicted octanol–water partition coefficient (Wildman–Crippen LogP) is 1.84. The van der Waals surface area contributed by atoms with Crippen LogP contribution in [0.3, 0.4) is 0 Å². The molecule has 0 atom stereocenters. The molecule has 0 bridgehead atoms. The number of sulfonamides is 1. The number of carbonyl (C=O) groups excluding carboxylic acids is 1. The van der Waals surface area contributed by atoms with E-state index < -0.39 is 10.0 Å².